The molecule has 5 rings (SSSR count). The van der Waals surface area contributed by atoms with Crippen molar-refractivity contribution in [3.8, 4) is 0 Å². The van der Waals surface area contributed by atoms with Gasteiger partial charge in [0.2, 0.25) is 5.95 Å². The van der Waals surface area contributed by atoms with E-state index in [-0.39, 0.29) is 0 Å². The Kier molecular flexibility index (Phi) is 5.60. The van der Waals surface area contributed by atoms with Crippen molar-refractivity contribution in [2.45, 2.75) is 54.4 Å². The van der Waals surface area contributed by atoms with Crippen LogP contribution in [0.1, 0.15) is 38.5 Å². The number of benzene rings is 1. The number of imidazole rings is 1. The Balaban J connectivity index is 1.40. The first-order valence-corrected chi connectivity index (χ1v) is 12.1. The number of nitrogens with two attached hydrogens (primary N) is 1. The van der Waals surface area contributed by atoms with Gasteiger partial charge in [0, 0.05) is 42.6 Å². The summed E-state index contributed by atoms with van der Waals surface area (Å²) < 4.78 is 2.08. The minimum absolute atomic E-state index is 0.321. The minimum atomic E-state index is 0.321. The third-order valence-corrected chi connectivity index (χ3v) is 8.78. The van der Waals surface area contributed by atoms with E-state index in [4.69, 9.17) is 33.9 Å². The molecule has 3 aromatic rings. The van der Waals surface area contributed by atoms with E-state index >= 15 is 0 Å². The molecule has 0 bridgehead atoms. The summed E-state index contributed by atoms with van der Waals surface area (Å²) in [5.41, 5.74) is 7.75. The standard InChI is InChI=1S/C22H25Cl2N5S/c23-15-4-3-5-16(19(15)24)30-17-14-27-21(29-13-10-26-20(17)29)28-11-8-22(9-12-28)7-2-1-6-18(22)25/h3-5,10,13-14,18H,1-2,6-9,11-12,25H2/t18-/m1/s1. The SMILES string of the molecule is N[C@@H]1CCCCC12CCN(c1ncc(Sc3cccc(Cl)c3Cl)c3nccn13)CC2. The van der Waals surface area contributed by atoms with Gasteiger partial charge in [0.15, 0.2) is 5.65 Å². The third kappa shape index (κ3) is 3.58. The molecule has 1 saturated heterocycles. The van der Waals surface area contributed by atoms with Crippen molar-refractivity contribution < 1.29 is 0 Å². The topological polar surface area (TPSA) is 59.5 Å². The normalized spacial score (nSPS) is 21.4. The van der Waals surface area contributed by atoms with Crippen molar-refractivity contribution in [3.05, 3.63) is 46.8 Å². The molecule has 2 aromatic heterocycles. The van der Waals surface area contributed by atoms with E-state index in [2.05, 4.69) is 14.3 Å². The van der Waals surface area contributed by atoms with Gasteiger partial charge in [-0.3, -0.25) is 4.40 Å². The lowest BCUT2D eigenvalue weighted by atomic mass is 9.65. The van der Waals surface area contributed by atoms with Gasteiger partial charge in [0.1, 0.15) is 0 Å². The van der Waals surface area contributed by atoms with Crippen molar-refractivity contribution in [1.29, 1.82) is 0 Å². The molecule has 5 nitrogen and oxygen atoms in total. The Morgan fingerprint density at radius 1 is 1.07 bits per heavy atom. The smallest absolute Gasteiger partial charge is 0.211 e. The van der Waals surface area contributed by atoms with Gasteiger partial charge >= 0.3 is 0 Å². The van der Waals surface area contributed by atoms with Gasteiger partial charge < -0.3 is 10.6 Å². The summed E-state index contributed by atoms with van der Waals surface area (Å²) in [7, 11) is 0. The summed E-state index contributed by atoms with van der Waals surface area (Å²) in [6.45, 7) is 1.97. The summed E-state index contributed by atoms with van der Waals surface area (Å²) in [5.74, 6) is 0.947. The molecule has 2 aliphatic rings. The van der Waals surface area contributed by atoms with Crippen molar-refractivity contribution in [1.82, 2.24) is 14.4 Å². The Labute approximate surface area is 191 Å². The molecule has 1 saturated carbocycles. The van der Waals surface area contributed by atoms with Crippen LogP contribution < -0.4 is 10.6 Å². The number of fused-ring (bicyclic) bond motifs is 1. The first-order valence-electron chi connectivity index (χ1n) is 10.5. The fraction of sp³-hybridized carbons (Fsp3) is 0.455. The van der Waals surface area contributed by atoms with E-state index in [0.717, 1.165) is 47.3 Å². The first-order chi connectivity index (χ1) is 14.6. The molecule has 1 aliphatic carbocycles. The highest BCUT2D eigenvalue weighted by Crippen LogP contribution is 2.45. The van der Waals surface area contributed by atoms with E-state index < -0.39 is 0 Å². The van der Waals surface area contributed by atoms with Crippen LogP contribution in [-0.2, 0) is 0 Å². The predicted molar refractivity (Wildman–Crippen MR) is 124 cm³/mol. The maximum atomic E-state index is 6.55. The molecule has 1 spiro atoms. The Hall–Kier alpha value is -1.47. The van der Waals surface area contributed by atoms with Crippen molar-refractivity contribution in [2.24, 2.45) is 11.1 Å². The highest BCUT2D eigenvalue weighted by atomic mass is 35.5. The Morgan fingerprint density at radius 2 is 1.90 bits per heavy atom. The second kappa shape index (κ2) is 8.23. The summed E-state index contributed by atoms with van der Waals surface area (Å²) >= 11 is 14.1. The van der Waals surface area contributed by atoms with Crippen LogP contribution in [0.3, 0.4) is 0 Å². The zero-order valence-electron chi connectivity index (χ0n) is 16.7. The zero-order valence-corrected chi connectivity index (χ0v) is 19.1. The Morgan fingerprint density at radius 3 is 2.70 bits per heavy atom. The highest BCUT2D eigenvalue weighted by molar-refractivity contribution is 7.99. The number of hydrogen-bond acceptors (Lipinski definition) is 5. The number of piperidine rings is 1. The van der Waals surface area contributed by atoms with Crippen LogP contribution in [0, 0.1) is 5.41 Å². The number of anilines is 1. The van der Waals surface area contributed by atoms with Crippen molar-refractivity contribution in [3.63, 3.8) is 0 Å². The van der Waals surface area contributed by atoms with E-state index in [1.807, 2.05) is 30.7 Å². The zero-order chi connectivity index (χ0) is 20.7. The molecular formula is C22H25Cl2N5S. The second-order valence-corrected chi connectivity index (χ2v) is 10.3. The van der Waals surface area contributed by atoms with E-state index in [0.29, 0.717) is 21.5 Å². The predicted octanol–water partition coefficient (Wildman–Crippen LogP) is 5.68. The third-order valence-electron chi connectivity index (χ3n) is 6.78. The number of rotatable bonds is 3. The number of hydrogen-bond donors (Lipinski definition) is 1. The van der Waals surface area contributed by atoms with Gasteiger partial charge in [-0.1, -0.05) is 53.9 Å². The number of aromatic nitrogens is 3. The Bertz CT molecular complexity index is 1060. The summed E-state index contributed by atoms with van der Waals surface area (Å²) in [6.07, 6.45) is 13.0. The molecule has 30 heavy (non-hydrogen) atoms. The molecular weight excluding hydrogens is 437 g/mol. The monoisotopic (exact) mass is 461 g/mol. The quantitative estimate of drug-likeness (QED) is 0.543. The van der Waals surface area contributed by atoms with E-state index in [1.165, 1.54) is 37.4 Å². The van der Waals surface area contributed by atoms with Gasteiger partial charge in [0.05, 0.1) is 14.9 Å². The average molecular weight is 462 g/mol. The largest absolute Gasteiger partial charge is 0.342 e. The molecule has 158 valence electrons. The maximum absolute atomic E-state index is 6.55. The van der Waals surface area contributed by atoms with Gasteiger partial charge in [0.25, 0.3) is 0 Å². The molecule has 2 fully saturated rings. The fourth-order valence-electron chi connectivity index (χ4n) is 4.98. The maximum Gasteiger partial charge on any atom is 0.211 e. The minimum Gasteiger partial charge on any atom is -0.342 e. The van der Waals surface area contributed by atoms with Crippen LogP contribution in [0.5, 0.6) is 0 Å². The molecule has 1 aromatic carbocycles. The van der Waals surface area contributed by atoms with Crippen LogP contribution in [-0.4, -0.2) is 33.5 Å². The van der Waals surface area contributed by atoms with Crippen LogP contribution in [0.25, 0.3) is 5.65 Å². The van der Waals surface area contributed by atoms with Crippen molar-refractivity contribution >= 4 is 46.6 Å². The van der Waals surface area contributed by atoms with Gasteiger partial charge in [-0.15, -0.1) is 0 Å². The molecule has 8 heteroatoms. The first kappa shape index (κ1) is 20.4. The molecule has 0 unspecified atom stereocenters. The van der Waals surface area contributed by atoms with Crippen molar-refractivity contribution in [2.75, 3.05) is 18.0 Å². The van der Waals surface area contributed by atoms with Crippen LogP contribution in [0.2, 0.25) is 10.0 Å². The number of nitrogens with zero attached hydrogens (tertiary/aromatic N) is 4. The average Bonchev–Trinajstić information content (AvgIpc) is 3.25. The lowest BCUT2D eigenvalue weighted by Crippen LogP contribution is -2.51. The van der Waals surface area contributed by atoms with Crippen LogP contribution in [0.4, 0.5) is 5.95 Å². The van der Waals surface area contributed by atoms with Gasteiger partial charge in [-0.2, -0.15) is 0 Å². The molecule has 0 radical (unpaired) electrons. The van der Waals surface area contributed by atoms with E-state index in [1.54, 1.807) is 6.07 Å². The molecule has 3 heterocycles. The lowest BCUT2D eigenvalue weighted by Gasteiger charge is -2.48. The van der Waals surface area contributed by atoms with Gasteiger partial charge in [-0.05, 0) is 43.2 Å². The summed E-state index contributed by atoms with van der Waals surface area (Å²) in [5, 5.41) is 1.11. The second-order valence-electron chi connectivity index (χ2n) is 8.40. The highest BCUT2D eigenvalue weighted by Gasteiger charge is 2.41. The fourth-order valence-corrected chi connectivity index (χ4v) is 6.38. The molecule has 1 aliphatic heterocycles. The number of halogens is 2. The van der Waals surface area contributed by atoms with E-state index in [9.17, 15) is 0 Å². The van der Waals surface area contributed by atoms with Crippen LogP contribution >= 0.6 is 35.0 Å². The summed E-state index contributed by atoms with van der Waals surface area (Å²) in [4.78, 5) is 13.7. The molecule has 1 atom stereocenters. The van der Waals surface area contributed by atoms with Crippen LogP contribution in [0.15, 0.2) is 46.6 Å². The van der Waals surface area contributed by atoms with Gasteiger partial charge in [-0.25, -0.2) is 9.97 Å². The molecule has 2 N–H and O–H groups in total. The molecule has 0 amide bonds. The lowest BCUT2D eigenvalue weighted by molar-refractivity contribution is 0.113. The summed E-state index contributed by atoms with van der Waals surface area (Å²) in [6, 6.07) is 6.00.